The van der Waals surface area contributed by atoms with Crippen LogP contribution in [-0.2, 0) is 4.74 Å². The van der Waals surface area contributed by atoms with Crippen LogP contribution in [-0.4, -0.2) is 17.7 Å². The molecule has 0 aliphatic carbocycles. The summed E-state index contributed by atoms with van der Waals surface area (Å²) in [6, 6.07) is 2.94. The predicted octanol–water partition coefficient (Wildman–Crippen LogP) is 2.64. The summed E-state index contributed by atoms with van der Waals surface area (Å²) in [7, 11) is 0. The van der Waals surface area contributed by atoms with E-state index in [4.69, 9.17) is 4.74 Å². The number of ether oxygens (including phenoxy) is 1. The number of benzene rings is 1. The van der Waals surface area contributed by atoms with E-state index in [-0.39, 0.29) is 5.75 Å². The number of rotatable bonds is 2. The van der Waals surface area contributed by atoms with E-state index in [1.165, 1.54) is 12.1 Å². The number of hydrogen-bond donors (Lipinski definition) is 1. The van der Waals surface area contributed by atoms with Gasteiger partial charge < -0.3 is 9.84 Å². The molecule has 0 spiro atoms. The Morgan fingerprint density at radius 2 is 2.21 bits per heavy atom. The molecule has 1 aromatic rings. The maximum Gasteiger partial charge on any atom is 0.338 e. The van der Waals surface area contributed by atoms with Crippen LogP contribution < -0.4 is 0 Å². The lowest BCUT2D eigenvalue weighted by atomic mass is 10.1. The standard InChI is InChI=1S/C10H11BrO3/c1-3-14-10(13)8-4-7(12)5-9(11)6(8)2/h4-5,12H,3H2,1-2H3. The summed E-state index contributed by atoms with van der Waals surface area (Å²) in [5, 5.41) is 9.30. The van der Waals surface area contributed by atoms with Gasteiger partial charge in [0, 0.05) is 4.47 Å². The summed E-state index contributed by atoms with van der Waals surface area (Å²) >= 11 is 3.25. The first kappa shape index (κ1) is 11.0. The van der Waals surface area contributed by atoms with Gasteiger partial charge in [0.1, 0.15) is 5.75 Å². The van der Waals surface area contributed by atoms with Gasteiger partial charge in [-0.15, -0.1) is 0 Å². The molecule has 1 aromatic carbocycles. The third-order valence-electron chi connectivity index (χ3n) is 1.82. The largest absolute Gasteiger partial charge is 0.508 e. The minimum atomic E-state index is -0.415. The molecule has 0 radical (unpaired) electrons. The normalized spacial score (nSPS) is 9.93. The van der Waals surface area contributed by atoms with Crippen LogP contribution in [0.1, 0.15) is 22.8 Å². The van der Waals surface area contributed by atoms with Crippen molar-refractivity contribution in [2.45, 2.75) is 13.8 Å². The zero-order valence-corrected chi connectivity index (χ0v) is 9.59. The highest BCUT2D eigenvalue weighted by molar-refractivity contribution is 9.10. The molecule has 0 atom stereocenters. The third kappa shape index (κ3) is 2.26. The molecule has 0 fully saturated rings. The van der Waals surface area contributed by atoms with Gasteiger partial charge in [0.25, 0.3) is 0 Å². The van der Waals surface area contributed by atoms with Crippen molar-refractivity contribution in [1.29, 1.82) is 0 Å². The average Bonchev–Trinajstić information content (AvgIpc) is 2.11. The minimum absolute atomic E-state index is 0.0468. The van der Waals surface area contributed by atoms with Crippen LogP contribution in [0.4, 0.5) is 0 Å². The van der Waals surface area contributed by atoms with E-state index in [1.807, 2.05) is 0 Å². The molecule has 1 N–H and O–H groups in total. The fraction of sp³-hybridized carbons (Fsp3) is 0.300. The first-order valence-electron chi connectivity index (χ1n) is 4.22. The third-order valence-corrected chi connectivity index (χ3v) is 2.65. The number of phenols is 1. The lowest BCUT2D eigenvalue weighted by Crippen LogP contribution is -2.06. The van der Waals surface area contributed by atoms with Crippen molar-refractivity contribution >= 4 is 21.9 Å². The van der Waals surface area contributed by atoms with Gasteiger partial charge in [0.15, 0.2) is 0 Å². The SMILES string of the molecule is CCOC(=O)c1cc(O)cc(Br)c1C. The maximum absolute atomic E-state index is 11.4. The average molecular weight is 259 g/mol. The maximum atomic E-state index is 11.4. The molecular formula is C10H11BrO3. The highest BCUT2D eigenvalue weighted by atomic mass is 79.9. The van der Waals surface area contributed by atoms with Gasteiger partial charge in [-0.25, -0.2) is 4.79 Å². The Hall–Kier alpha value is -1.03. The van der Waals surface area contributed by atoms with E-state index in [9.17, 15) is 9.90 Å². The summed E-state index contributed by atoms with van der Waals surface area (Å²) in [6.07, 6.45) is 0. The Kier molecular flexibility index (Phi) is 3.52. The molecule has 0 aromatic heterocycles. The fourth-order valence-electron chi connectivity index (χ4n) is 1.09. The van der Waals surface area contributed by atoms with Gasteiger partial charge in [0.2, 0.25) is 0 Å². The summed E-state index contributed by atoms with van der Waals surface area (Å²) in [6.45, 7) is 3.85. The van der Waals surface area contributed by atoms with Crippen molar-refractivity contribution < 1.29 is 14.6 Å². The Morgan fingerprint density at radius 1 is 1.57 bits per heavy atom. The molecule has 1 rings (SSSR count). The Morgan fingerprint density at radius 3 is 2.79 bits per heavy atom. The lowest BCUT2D eigenvalue weighted by Gasteiger charge is -2.07. The summed E-state index contributed by atoms with van der Waals surface area (Å²) in [5.41, 5.74) is 1.15. The van der Waals surface area contributed by atoms with E-state index in [0.29, 0.717) is 16.6 Å². The van der Waals surface area contributed by atoms with E-state index in [2.05, 4.69) is 15.9 Å². The van der Waals surface area contributed by atoms with Crippen LogP contribution in [0.3, 0.4) is 0 Å². The zero-order valence-electron chi connectivity index (χ0n) is 8.00. The van der Waals surface area contributed by atoms with Gasteiger partial charge in [0.05, 0.1) is 12.2 Å². The van der Waals surface area contributed by atoms with Gasteiger partial charge in [-0.05, 0) is 31.5 Å². The number of halogens is 1. The monoisotopic (exact) mass is 258 g/mol. The summed E-state index contributed by atoms with van der Waals surface area (Å²) < 4.78 is 5.54. The van der Waals surface area contributed by atoms with Gasteiger partial charge in [-0.1, -0.05) is 15.9 Å². The lowest BCUT2D eigenvalue weighted by molar-refractivity contribution is 0.0525. The van der Waals surface area contributed by atoms with E-state index in [0.717, 1.165) is 5.56 Å². The molecule has 0 aliphatic heterocycles. The molecule has 76 valence electrons. The van der Waals surface area contributed by atoms with Crippen molar-refractivity contribution in [3.8, 4) is 5.75 Å². The van der Waals surface area contributed by atoms with Crippen LogP contribution in [0.2, 0.25) is 0 Å². The highest BCUT2D eigenvalue weighted by Gasteiger charge is 2.13. The molecule has 3 nitrogen and oxygen atoms in total. The second-order valence-electron chi connectivity index (χ2n) is 2.82. The topological polar surface area (TPSA) is 46.5 Å². The quantitative estimate of drug-likeness (QED) is 0.830. The molecule has 0 amide bonds. The number of carbonyl (C=O) groups excluding carboxylic acids is 1. The first-order valence-corrected chi connectivity index (χ1v) is 5.01. The van der Waals surface area contributed by atoms with Crippen LogP contribution in [0.25, 0.3) is 0 Å². The summed E-state index contributed by atoms with van der Waals surface area (Å²) in [4.78, 5) is 11.4. The van der Waals surface area contributed by atoms with Crippen molar-refractivity contribution in [3.05, 3.63) is 27.7 Å². The molecular weight excluding hydrogens is 248 g/mol. The van der Waals surface area contributed by atoms with E-state index in [1.54, 1.807) is 13.8 Å². The number of phenolic OH excluding ortho intramolecular Hbond substituents is 1. The van der Waals surface area contributed by atoms with Crippen LogP contribution in [0, 0.1) is 6.92 Å². The van der Waals surface area contributed by atoms with Crippen molar-refractivity contribution in [2.75, 3.05) is 6.61 Å². The molecule has 0 heterocycles. The highest BCUT2D eigenvalue weighted by Crippen LogP contribution is 2.26. The number of aromatic hydroxyl groups is 1. The van der Waals surface area contributed by atoms with Crippen molar-refractivity contribution in [2.24, 2.45) is 0 Å². The Bertz CT molecular complexity index is 361. The molecule has 14 heavy (non-hydrogen) atoms. The van der Waals surface area contributed by atoms with Crippen molar-refractivity contribution in [3.63, 3.8) is 0 Å². The van der Waals surface area contributed by atoms with Crippen LogP contribution in [0.15, 0.2) is 16.6 Å². The fourth-order valence-corrected chi connectivity index (χ4v) is 1.53. The second kappa shape index (κ2) is 4.46. The smallest absolute Gasteiger partial charge is 0.338 e. The molecule has 0 bridgehead atoms. The molecule has 0 saturated heterocycles. The van der Waals surface area contributed by atoms with Crippen LogP contribution in [0.5, 0.6) is 5.75 Å². The van der Waals surface area contributed by atoms with E-state index >= 15 is 0 Å². The second-order valence-corrected chi connectivity index (χ2v) is 3.67. The first-order chi connectivity index (χ1) is 6.56. The predicted molar refractivity (Wildman–Crippen MR) is 56.5 cm³/mol. The number of carbonyl (C=O) groups is 1. The number of hydrogen-bond acceptors (Lipinski definition) is 3. The Balaban J connectivity index is 3.13. The van der Waals surface area contributed by atoms with Gasteiger partial charge in [-0.3, -0.25) is 0 Å². The van der Waals surface area contributed by atoms with Crippen LogP contribution >= 0.6 is 15.9 Å². The Labute approximate surface area is 90.8 Å². The zero-order chi connectivity index (χ0) is 10.7. The van der Waals surface area contributed by atoms with Gasteiger partial charge in [-0.2, -0.15) is 0 Å². The van der Waals surface area contributed by atoms with Crippen molar-refractivity contribution in [1.82, 2.24) is 0 Å². The molecule has 0 aliphatic rings. The molecule has 4 heteroatoms. The summed E-state index contributed by atoms with van der Waals surface area (Å²) in [5.74, 6) is -0.368. The van der Waals surface area contributed by atoms with E-state index < -0.39 is 5.97 Å². The minimum Gasteiger partial charge on any atom is -0.508 e. The molecule has 0 saturated carbocycles. The van der Waals surface area contributed by atoms with Gasteiger partial charge >= 0.3 is 5.97 Å². The number of esters is 1. The molecule has 0 unspecified atom stereocenters.